The SMILES string of the molecule is Cc1cc(Br)cc(CN(C)CC=CC#CC(C)(C)C)c1. The van der Waals surface area contributed by atoms with Crippen molar-refractivity contribution >= 4 is 15.9 Å². The molecule has 0 aromatic heterocycles. The van der Waals surface area contributed by atoms with Crippen LogP contribution < -0.4 is 0 Å². The topological polar surface area (TPSA) is 3.24 Å². The minimum absolute atomic E-state index is 0.0735. The average Bonchev–Trinajstić information content (AvgIpc) is 2.25. The number of rotatable bonds is 4. The summed E-state index contributed by atoms with van der Waals surface area (Å²) in [4.78, 5) is 2.27. The quantitative estimate of drug-likeness (QED) is 0.715. The Morgan fingerprint density at radius 2 is 1.95 bits per heavy atom. The molecule has 1 rings (SSSR count). The fourth-order valence-electron chi connectivity index (χ4n) is 1.83. The average molecular weight is 334 g/mol. The zero-order valence-corrected chi connectivity index (χ0v) is 14.7. The molecular formula is C18H24BrN. The Balaban J connectivity index is 2.49. The fourth-order valence-corrected chi connectivity index (χ4v) is 2.48. The lowest BCUT2D eigenvalue weighted by atomic mass is 9.98. The number of hydrogen-bond acceptors (Lipinski definition) is 1. The Labute approximate surface area is 132 Å². The molecule has 1 nitrogen and oxygen atoms in total. The molecule has 0 amide bonds. The van der Waals surface area contributed by atoms with Crippen molar-refractivity contribution in [2.75, 3.05) is 13.6 Å². The van der Waals surface area contributed by atoms with Gasteiger partial charge in [-0.1, -0.05) is 39.9 Å². The fraction of sp³-hybridized carbons (Fsp3) is 0.444. The van der Waals surface area contributed by atoms with Gasteiger partial charge in [0.05, 0.1) is 0 Å². The maximum atomic E-state index is 3.54. The van der Waals surface area contributed by atoms with E-state index in [1.165, 1.54) is 11.1 Å². The molecule has 20 heavy (non-hydrogen) atoms. The molecule has 2 heteroatoms. The summed E-state index contributed by atoms with van der Waals surface area (Å²) in [5.74, 6) is 6.30. The van der Waals surface area contributed by atoms with Crippen LogP contribution in [0.4, 0.5) is 0 Å². The molecule has 0 aliphatic carbocycles. The van der Waals surface area contributed by atoms with Gasteiger partial charge < -0.3 is 0 Å². The first-order valence-electron chi connectivity index (χ1n) is 6.88. The van der Waals surface area contributed by atoms with E-state index in [-0.39, 0.29) is 5.41 Å². The number of hydrogen-bond donors (Lipinski definition) is 0. The van der Waals surface area contributed by atoms with Crippen LogP contribution in [0.2, 0.25) is 0 Å². The van der Waals surface area contributed by atoms with Crippen molar-refractivity contribution in [3.05, 3.63) is 46.0 Å². The molecule has 0 aliphatic heterocycles. The molecule has 0 fully saturated rings. The summed E-state index contributed by atoms with van der Waals surface area (Å²) in [6, 6.07) is 6.53. The lowest BCUT2D eigenvalue weighted by Crippen LogP contribution is -2.17. The lowest BCUT2D eigenvalue weighted by Gasteiger charge is -2.15. The highest BCUT2D eigenvalue weighted by Gasteiger charge is 2.02. The van der Waals surface area contributed by atoms with Crippen molar-refractivity contribution in [1.82, 2.24) is 4.90 Å². The maximum Gasteiger partial charge on any atom is 0.0234 e. The minimum Gasteiger partial charge on any atom is -0.298 e. The second-order valence-electron chi connectivity index (χ2n) is 6.26. The van der Waals surface area contributed by atoms with Crippen LogP contribution in [0.1, 0.15) is 31.9 Å². The van der Waals surface area contributed by atoms with E-state index in [4.69, 9.17) is 0 Å². The van der Waals surface area contributed by atoms with Gasteiger partial charge in [-0.05, 0) is 64.1 Å². The van der Waals surface area contributed by atoms with E-state index >= 15 is 0 Å². The van der Waals surface area contributed by atoms with Crippen LogP contribution >= 0.6 is 15.9 Å². The summed E-state index contributed by atoms with van der Waals surface area (Å²) in [6.45, 7) is 10.3. The first-order chi connectivity index (χ1) is 9.26. The normalized spacial score (nSPS) is 11.8. The van der Waals surface area contributed by atoms with Gasteiger partial charge in [0.15, 0.2) is 0 Å². The molecule has 0 radical (unpaired) electrons. The molecule has 0 heterocycles. The van der Waals surface area contributed by atoms with E-state index in [1.54, 1.807) is 0 Å². The van der Waals surface area contributed by atoms with Crippen molar-refractivity contribution in [3.8, 4) is 11.8 Å². The molecule has 0 bridgehead atoms. The van der Waals surface area contributed by atoms with Crippen molar-refractivity contribution in [2.45, 2.75) is 34.2 Å². The summed E-state index contributed by atoms with van der Waals surface area (Å²) in [7, 11) is 2.12. The Kier molecular flexibility index (Phi) is 6.52. The van der Waals surface area contributed by atoms with Crippen LogP contribution in [0.25, 0.3) is 0 Å². The minimum atomic E-state index is 0.0735. The summed E-state index contributed by atoms with van der Waals surface area (Å²) in [5, 5.41) is 0. The van der Waals surface area contributed by atoms with Crippen molar-refractivity contribution < 1.29 is 0 Å². The number of likely N-dealkylation sites (N-methyl/N-ethyl adjacent to an activating group) is 1. The van der Waals surface area contributed by atoms with Gasteiger partial charge in [-0.2, -0.15) is 0 Å². The highest BCUT2D eigenvalue weighted by Crippen LogP contribution is 2.16. The van der Waals surface area contributed by atoms with E-state index in [0.29, 0.717) is 0 Å². The van der Waals surface area contributed by atoms with Crippen molar-refractivity contribution in [1.29, 1.82) is 0 Å². The zero-order valence-electron chi connectivity index (χ0n) is 13.1. The molecule has 0 aliphatic rings. The van der Waals surface area contributed by atoms with E-state index in [0.717, 1.165) is 17.6 Å². The molecule has 1 aromatic carbocycles. The first-order valence-corrected chi connectivity index (χ1v) is 7.68. The number of halogens is 1. The van der Waals surface area contributed by atoms with Crippen molar-refractivity contribution in [3.63, 3.8) is 0 Å². The van der Waals surface area contributed by atoms with E-state index in [1.807, 2.05) is 6.08 Å². The van der Waals surface area contributed by atoms with Crippen LogP contribution in [0.15, 0.2) is 34.8 Å². The van der Waals surface area contributed by atoms with E-state index in [9.17, 15) is 0 Å². The zero-order chi connectivity index (χ0) is 15.2. The molecule has 0 atom stereocenters. The van der Waals surface area contributed by atoms with Gasteiger partial charge in [0.1, 0.15) is 0 Å². The molecule has 0 N–H and O–H groups in total. The molecule has 0 spiro atoms. The van der Waals surface area contributed by atoms with Gasteiger partial charge in [-0.15, -0.1) is 0 Å². The van der Waals surface area contributed by atoms with Gasteiger partial charge in [-0.3, -0.25) is 4.90 Å². The van der Waals surface area contributed by atoms with Crippen LogP contribution in [0.3, 0.4) is 0 Å². The number of nitrogens with zero attached hydrogens (tertiary/aromatic N) is 1. The highest BCUT2D eigenvalue weighted by molar-refractivity contribution is 9.10. The molecule has 108 valence electrons. The molecular weight excluding hydrogens is 310 g/mol. The van der Waals surface area contributed by atoms with Gasteiger partial charge in [0.2, 0.25) is 0 Å². The second kappa shape index (κ2) is 7.67. The Morgan fingerprint density at radius 3 is 2.55 bits per heavy atom. The molecule has 0 saturated heterocycles. The predicted octanol–water partition coefficient (Wildman–Crippen LogP) is 4.80. The third-order valence-electron chi connectivity index (χ3n) is 2.62. The van der Waals surface area contributed by atoms with Gasteiger partial charge in [-0.25, -0.2) is 0 Å². The smallest absolute Gasteiger partial charge is 0.0234 e. The number of benzene rings is 1. The van der Waals surface area contributed by atoms with Crippen molar-refractivity contribution in [2.24, 2.45) is 5.41 Å². The Morgan fingerprint density at radius 1 is 1.25 bits per heavy atom. The number of aryl methyl sites for hydroxylation is 1. The molecule has 0 unspecified atom stereocenters. The first kappa shape index (κ1) is 17.0. The third kappa shape index (κ3) is 7.53. The van der Waals surface area contributed by atoms with E-state index in [2.05, 4.69) is 91.7 Å². The second-order valence-corrected chi connectivity index (χ2v) is 7.17. The largest absolute Gasteiger partial charge is 0.298 e. The maximum absolute atomic E-state index is 3.54. The highest BCUT2D eigenvalue weighted by atomic mass is 79.9. The molecule has 1 aromatic rings. The lowest BCUT2D eigenvalue weighted by molar-refractivity contribution is 0.363. The van der Waals surface area contributed by atoms with Crippen LogP contribution in [-0.2, 0) is 6.54 Å². The summed E-state index contributed by atoms with van der Waals surface area (Å²) < 4.78 is 1.15. The summed E-state index contributed by atoms with van der Waals surface area (Å²) in [6.07, 6.45) is 4.07. The number of allylic oxidation sites excluding steroid dienone is 1. The van der Waals surface area contributed by atoms with Gasteiger partial charge in [0.25, 0.3) is 0 Å². The van der Waals surface area contributed by atoms with Crippen LogP contribution in [0.5, 0.6) is 0 Å². The predicted molar refractivity (Wildman–Crippen MR) is 91.6 cm³/mol. The third-order valence-corrected chi connectivity index (χ3v) is 3.08. The standard InChI is InChI=1S/C18H24BrN/c1-15-11-16(13-17(19)12-15)14-20(5)10-8-6-7-9-18(2,3)4/h6,8,11-13H,10,14H2,1-5H3. The van der Waals surface area contributed by atoms with Crippen LogP contribution in [-0.4, -0.2) is 18.5 Å². The monoisotopic (exact) mass is 333 g/mol. The van der Waals surface area contributed by atoms with Gasteiger partial charge >= 0.3 is 0 Å². The summed E-state index contributed by atoms with van der Waals surface area (Å²) in [5.41, 5.74) is 2.69. The summed E-state index contributed by atoms with van der Waals surface area (Å²) >= 11 is 3.54. The van der Waals surface area contributed by atoms with Gasteiger partial charge in [0, 0.05) is 23.0 Å². The van der Waals surface area contributed by atoms with E-state index < -0.39 is 0 Å². The van der Waals surface area contributed by atoms with Crippen LogP contribution in [0, 0.1) is 24.2 Å². The molecule has 0 saturated carbocycles. The Bertz CT molecular complexity index is 506. The Hall–Kier alpha value is -1.04.